The van der Waals surface area contributed by atoms with E-state index in [1.807, 2.05) is 0 Å². The fourth-order valence-electron chi connectivity index (χ4n) is 9.30. The van der Waals surface area contributed by atoms with Gasteiger partial charge in [-0.2, -0.15) is 0 Å². The highest BCUT2D eigenvalue weighted by molar-refractivity contribution is 5.86. The molecule has 2 aromatic carbocycles. The lowest BCUT2D eigenvalue weighted by Crippen LogP contribution is -2.45. The van der Waals surface area contributed by atoms with Crippen LogP contribution in [-0.4, -0.2) is 21.4 Å². The Balaban J connectivity index is 1.63. The van der Waals surface area contributed by atoms with Gasteiger partial charge in [-0.1, -0.05) is 62.8 Å². The summed E-state index contributed by atoms with van der Waals surface area (Å²) < 4.78 is 13.6. The van der Waals surface area contributed by atoms with Gasteiger partial charge < -0.3 is 19.7 Å². The van der Waals surface area contributed by atoms with Crippen molar-refractivity contribution in [1.82, 2.24) is 0 Å². The number of benzene rings is 2. The predicted octanol–water partition coefficient (Wildman–Crippen LogP) is 11.5. The van der Waals surface area contributed by atoms with E-state index < -0.39 is 0 Å². The number of fused-ring (bicyclic) bond motifs is 6. The van der Waals surface area contributed by atoms with Crippen LogP contribution in [0.3, 0.4) is 0 Å². The third-order valence-corrected chi connectivity index (χ3v) is 11.8. The van der Waals surface area contributed by atoms with Crippen LogP contribution in [-0.2, 0) is 12.8 Å². The van der Waals surface area contributed by atoms with Crippen molar-refractivity contribution in [1.29, 1.82) is 0 Å². The fraction of sp³-hybridized carbons (Fsp3) is 0.619. The van der Waals surface area contributed by atoms with Crippen molar-refractivity contribution in [3.63, 3.8) is 0 Å². The van der Waals surface area contributed by atoms with Crippen molar-refractivity contribution in [3.8, 4) is 34.1 Å². The minimum absolute atomic E-state index is 0.0803. The maximum atomic E-state index is 12.6. The number of phenols is 2. The highest BCUT2D eigenvalue weighted by Crippen LogP contribution is 2.60. The molecule has 4 heteroatoms. The van der Waals surface area contributed by atoms with Gasteiger partial charge in [-0.05, 0) is 116 Å². The molecular weight excluding hydrogens is 568 g/mol. The van der Waals surface area contributed by atoms with E-state index in [0.717, 1.165) is 122 Å². The van der Waals surface area contributed by atoms with E-state index in [0.29, 0.717) is 11.5 Å². The standard InChI is InChI=1S/C42H58O4/c1-9-11-13-15-27-23-33-37(29-21-25(3)17-19-31(29)41(5,6)45-33)39(43)35(27)36-28(16-14-12-10-2)24-34-38(40(36)44)30-22-26(4)18-20-32(30)42(7,8)46-34/h21-24,29-32,43-44H,9-20H2,1-8H3/t29-,30-,31-,32-/m1/s1. The lowest BCUT2D eigenvalue weighted by Gasteiger charge is -2.47. The van der Waals surface area contributed by atoms with Gasteiger partial charge in [0.1, 0.15) is 34.2 Å². The maximum Gasteiger partial charge on any atom is 0.131 e. The van der Waals surface area contributed by atoms with Crippen LogP contribution >= 0.6 is 0 Å². The van der Waals surface area contributed by atoms with Crippen LogP contribution in [0, 0.1) is 11.8 Å². The highest BCUT2D eigenvalue weighted by Gasteiger charge is 2.48. The summed E-state index contributed by atoms with van der Waals surface area (Å²) in [5, 5.41) is 25.3. The van der Waals surface area contributed by atoms with Gasteiger partial charge in [-0.3, -0.25) is 0 Å². The normalized spacial score (nSPS) is 25.6. The molecule has 0 radical (unpaired) electrons. The number of rotatable bonds is 9. The number of hydrogen-bond acceptors (Lipinski definition) is 4. The number of aryl methyl sites for hydroxylation is 2. The number of phenolic OH excluding ortho intramolecular Hbond substituents is 2. The number of unbranched alkanes of at least 4 members (excludes halogenated alkanes) is 4. The fourth-order valence-corrected chi connectivity index (χ4v) is 9.30. The van der Waals surface area contributed by atoms with E-state index in [1.54, 1.807) is 0 Å². The van der Waals surface area contributed by atoms with Gasteiger partial charge in [0, 0.05) is 45.9 Å². The Kier molecular flexibility index (Phi) is 9.06. The van der Waals surface area contributed by atoms with Crippen LogP contribution < -0.4 is 9.47 Å². The molecule has 0 fully saturated rings. The van der Waals surface area contributed by atoms with E-state index in [2.05, 4.69) is 79.7 Å². The predicted molar refractivity (Wildman–Crippen MR) is 190 cm³/mol. The number of ether oxygens (including phenoxy) is 2. The first-order valence-corrected chi connectivity index (χ1v) is 18.4. The zero-order chi connectivity index (χ0) is 33.0. The van der Waals surface area contributed by atoms with Crippen LogP contribution in [0.2, 0.25) is 0 Å². The van der Waals surface area contributed by atoms with Gasteiger partial charge in [0.05, 0.1) is 0 Å². The topological polar surface area (TPSA) is 58.9 Å². The molecular formula is C42H58O4. The van der Waals surface area contributed by atoms with Crippen molar-refractivity contribution >= 4 is 0 Å². The molecule has 2 heterocycles. The molecule has 4 aliphatic rings. The van der Waals surface area contributed by atoms with Gasteiger partial charge in [0.15, 0.2) is 0 Å². The van der Waals surface area contributed by atoms with E-state index >= 15 is 0 Å². The Morgan fingerprint density at radius 1 is 0.652 bits per heavy atom. The zero-order valence-corrected chi connectivity index (χ0v) is 29.8. The quantitative estimate of drug-likeness (QED) is 0.215. The maximum absolute atomic E-state index is 12.6. The van der Waals surface area contributed by atoms with Crippen LogP contribution in [0.5, 0.6) is 23.0 Å². The second-order valence-corrected chi connectivity index (χ2v) is 16.0. The van der Waals surface area contributed by atoms with E-state index in [9.17, 15) is 10.2 Å². The number of aromatic hydroxyl groups is 2. The van der Waals surface area contributed by atoms with Gasteiger partial charge in [0.2, 0.25) is 0 Å². The third kappa shape index (κ3) is 5.77. The van der Waals surface area contributed by atoms with Gasteiger partial charge >= 0.3 is 0 Å². The summed E-state index contributed by atoms with van der Waals surface area (Å²) in [7, 11) is 0. The highest BCUT2D eigenvalue weighted by atomic mass is 16.5. The Morgan fingerprint density at radius 3 is 1.41 bits per heavy atom. The molecule has 2 aromatic rings. The van der Waals surface area contributed by atoms with Crippen LogP contribution in [0.15, 0.2) is 35.4 Å². The van der Waals surface area contributed by atoms with Gasteiger partial charge in [0.25, 0.3) is 0 Å². The monoisotopic (exact) mass is 626 g/mol. The van der Waals surface area contributed by atoms with Gasteiger partial charge in [-0.25, -0.2) is 0 Å². The van der Waals surface area contributed by atoms with Crippen LogP contribution in [0.1, 0.15) is 154 Å². The average Bonchev–Trinajstić information content (AvgIpc) is 2.97. The summed E-state index contributed by atoms with van der Waals surface area (Å²) in [5.41, 5.74) is 7.69. The summed E-state index contributed by atoms with van der Waals surface area (Å²) in [5.74, 6) is 2.95. The second kappa shape index (κ2) is 12.6. The van der Waals surface area contributed by atoms with Crippen molar-refractivity contribution in [2.24, 2.45) is 11.8 Å². The molecule has 0 unspecified atom stereocenters. The Hall–Kier alpha value is -2.88. The summed E-state index contributed by atoms with van der Waals surface area (Å²) in [6.07, 6.45) is 17.2. The lowest BCUT2D eigenvalue weighted by atomic mass is 9.66. The molecule has 4 nitrogen and oxygen atoms in total. The van der Waals surface area contributed by atoms with E-state index in [1.165, 1.54) is 11.1 Å². The Bertz CT molecular complexity index is 1420. The lowest BCUT2D eigenvalue weighted by molar-refractivity contribution is 0.0103. The molecule has 46 heavy (non-hydrogen) atoms. The van der Waals surface area contributed by atoms with E-state index in [4.69, 9.17) is 9.47 Å². The molecule has 2 N–H and O–H groups in total. The first-order chi connectivity index (χ1) is 21.9. The molecule has 0 saturated carbocycles. The van der Waals surface area contributed by atoms with E-state index in [-0.39, 0.29) is 34.9 Å². The SMILES string of the molecule is CCCCCc1cc2c(c(O)c1-c1c(CCCCC)cc3c(c1O)[C@@H]1C=C(C)CC[C@H]1C(C)(C)O3)[C@@H]1C=C(C)CC[C@H]1C(C)(C)O2. The van der Waals surface area contributed by atoms with Gasteiger partial charge in [-0.15, -0.1) is 0 Å². The summed E-state index contributed by atoms with van der Waals surface area (Å²) >= 11 is 0. The minimum atomic E-state index is -0.326. The molecule has 6 rings (SSSR count). The average molecular weight is 627 g/mol. The smallest absolute Gasteiger partial charge is 0.131 e. The number of allylic oxidation sites excluding steroid dienone is 4. The molecule has 0 bridgehead atoms. The zero-order valence-electron chi connectivity index (χ0n) is 29.8. The molecule has 0 aromatic heterocycles. The van der Waals surface area contributed by atoms with Crippen molar-refractivity contribution in [3.05, 3.63) is 57.7 Å². The molecule has 0 spiro atoms. The molecule has 0 saturated heterocycles. The number of hydrogen-bond donors (Lipinski definition) is 2. The molecule has 2 aliphatic carbocycles. The Morgan fingerprint density at radius 2 is 1.04 bits per heavy atom. The third-order valence-electron chi connectivity index (χ3n) is 11.8. The molecule has 0 amide bonds. The van der Waals surface area contributed by atoms with Crippen molar-refractivity contribution < 1.29 is 19.7 Å². The summed E-state index contributed by atoms with van der Waals surface area (Å²) in [4.78, 5) is 0. The minimum Gasteiger partial charge on any atom is -0.507 e. The first kappa shape index (κ1) is 33.0. The van der Waals surface area contributed by atoms with Crippen molar-refractivity contribution in [2.45, 2.75) is 155 Å². The first-order valence-electron chi connectivity index (χ1n) is 18.4. The Labute approximate surface area is 278 Å². The largest absolute Gasteiger partial charge is 0.507 e. The van der Waals surface area contributed by atoms with Crippen LogP contribution in [0.4, 0.5) is 0 Å². The van der Waals surface area contributed by atoms with Crippen LogP contribution in [0.25, 0.3) is 11.1 Å². The van der Waals surface area contributed by atoms with Crippen molar-refractivity contribution in [2.75, 3.05) is 0 Å². The summed E-state index contributed by atoms with van der Waals surface area (Å²) in [6, 6.07) is 4.44. The molecule has 4 atom stereocenters. The second-order valence-electron chi connectivity index (χ2n) is 16.0. The molecule has 2 aliphatic heterocycles. The summed E-state index contributed by atoms with van der Waals surface area (Å²) in [6.45, 7) is 17.7. The molecule has 250 valence electrons.